The van der Waals surface area contributed by atoms with Crippen LogP contribution in [0.5, 0.6) is 23.3 Å². The molecule has 3 rings (SSSR count). The Kier molecular flexibility index (Phi) is 6.61. The molecule has 32 heavy (non-hydrogen) atoms. The molecule has 0 atom stereocenters. The first kappa shape index (κ1) is 22.6. The van der Waals surface area contributed by atoms with Crippen LogP contribution in [0.4, 0.5) is 13.2 Å². The van der Waals surface area contributed by atoms with E-state index >= 15 is 0 Å². The van der Waals surface area contributed by atoms with Gasteiger partial charge in [-0.1, -0.05) is 17.3 Å². The van der Waals surface area contributed by atoms with E-state index in [0.717, 1.165) is 18.4 Å². The van der Waals surface area contributed by atoms with Crippen molar-refractivity contribution < 1.29 is 41.4 Å². The van der Waals surface area contributed by atoms with Gasteiger partial charge in [0, 0.05) is 11.6 Å². The molecule has 0 unspecified atom stereocenters. The summed E-state index contributed by atoms with van der Waals surface area (Å²) in [5.74, 6) is -0.920. The van der Waals surface area contributed by atoms with Gasteiger partial charge in [-0.25, -0.2) is 4.79 Å². The molecule has 0 aliphatic carbocycles. The number of benzene rings is 1. The van der Waals surface area contributed by atoms with E-state index in [-0.39, 0.29) is 40.4 Å². The lowest BCUT2D eigenvalue weighted by Gasteiger charge is -2.13. The van der Waals surface area contributed by atoms with E-state index in [0.29, 0.717) is 0 Å². The number of rotatable bonds is 7. The number of halogens is 3. The summed E-state index contributed by atoms with van der Waals surface area (Å²) in [5.41, 5.74) is -0.891. The van der Waals surface area contributed by atoms with Crippen molar-refractivity contribution in [1.29, 1.82) is 0 Å². The van der Waals surface area contributed by atoms with Gasteiger partial charge >= 0.3 is 12.1 Å². The van der Waals surface area contributed by atoms with Crippen LogP contribution < -0.4 is 14.2 Å². The molecule has 9 nitrogen and oxygen atoms in total. The summed E-state index contributed by atoms with van der Waals surface area (Å²) in [7, 11) is 2.67. The van der Waals surface area contributed by atoms with E-state index in [1.165, 1.54) is 38.5 Å². The fourth-order valence-electron chi connectivity index (χ4n) is 2.43. The van der Waals surface area contributed by atoms with Crippen molar-refractivity contribution in [1.82, 2.24) is 15.1 Å². The summed E-state index contributed by atoms with van der Waals surface area (Å²) in [6.45, 7) is 1.56. The van der Waals surface area contributed by atoms with Crippen molar-refractivity contribution in [3.05, 3.63) is 54.2 Å². The van der Waals surface area contributed by atoms with Gasteiger partial charge in [-0.2, -0.15) is 23.1 Å². The maximum atomic E-state index is 12.8. The Labute approximate surface area is 179 Å². The predicted molar refractivity (Wildman–Crippen MR) is 102 cm³/mol. The van der Waals surface area contributed by atoms with Crippen LogP contribution in [0.3, 0.4) is 0 Å². The molecule has 2 aromatic heterocycles. The van der Waals surface area contributed by atoms with Crippen LogP contribution >= 0.6 is 0 Å². The van der Waals surface area contributed by atoms with Gasteiger partial charge in [0.2, 0.25) is 0 Å². The summed E-state index contributed by atoms with van der Waals surface area (Å²) < 4.78 is 63.9. The molecule has 168 valence electrons. The van der Waals surface area contributed by atoms with E-state index in [1.54, 1.807) is 6.92 Å². The van der Waals surface area contributed by atoms with Gasteiger partial charge in [-0.05, 0) is 19.1 Å². The van der Waals surface area contributed by atoms with Gasteiger partial charge in [-0.15, -0.1) is 0 Å². The Balaban J connectivity index is 1.94. The van der Waals surface area contributed by atoms with Crippen LogP contribution in [0.25, 0.3) is 11.3 Å². The van der Waals surface area contributed by atoms with E-state index in [9.17, 15) is 18.0 Å². The molecule has 0 saturated carbocycles. The minimum Gasteiger partial charge on any atom is -0.504 e. The highest BCUT2D eigenvalue weighted by Crippen LogP contribution is 2.38. The van der Waals surface area contributed by atoms with Crippen LogP contribution in [0.15, 0.2) is 47.2 Å². The van der Waals surface area contributed by atoms with Crippen LogP contribution in [0.2, 0.25) is 0 Å². The SMILES string of the molecule is COC=CC(=O)Oc1c(OC)nc(C)nc1Oc1cccc(-c2cc(C(F)(F)F)no2)c1. The molecule has 3 aromatic rings. The Morgan fingerprint density at radius 2 is 1.88 bits per heavy atom. The van der Waals surface area contributed by atoms with Crippen LogP contribution in [0.1, 0.15) is 11.5 Å². The number of carbonyl (C=O) groups excluding carboxylic acids is 1. The number of methoxy groups -OCH3 is 2. The topological polar surface area (TPSA) is 106 Å². The van der Waals surface area contributed by atoms with E-state index < -0.39 is 17.8 Å². The fourth-order valence-corrected chi connectivity index (χ4v) is 2.43. The van der Waals surface area contributed by atoms with Gasteiger partial charge in [0.25, 0.3) is 17.5 Å². The number of carbonyl (C=O) groups is 1. The van der Waals surface area contributed by atoms with Crippen molar-refractivity contribution in [3.63, 3.8) is 0 Å². The molecule has 0 spiro atoms. The molecule has 0 aliphatic rings. The summed E-state index contributed by atoms with van der Waals surface area (Å²) in [4.78, 5) is 20.1. The molecule has 0 aliphatic heterocycles. The van der Waals surface area contributed by atoms with Gasteiger partial charge in [0.1, 0.15) is 11.6 Å². The van der Waals surface area contributed by atoms with Crippen molar-refractivity contribution in [2.75, 3.05) is 14.2 Å². The third-order valence-electron chi connectivity index (χ3n) is 3.79. The number of aromatic nitrogens is 3. The molecule has 0 N–H and O–H groups in total. The molecule has 0 radical (unpaired) electrons. The zero-order chi connectivity index (χ0) is 23.3. The second-order valence-corrected chi connectivity index (χ2v) is 6.08. The number of ether oxygens (including phenoxy) is 4. The summed E-state index contributed by atoms with van der Waals surface area (Å²) in [5, 5.41) is 3.03. The average Bonchev–Trinajstić information content (AvgIpc) is 3.25. The Morgan fingerprint density at radius 3 is 2.53 bits per heavy atom. The number of hydrogen-bond acceptors (Lipinski definition) is 9. The highest BCUT2D eigenvalue weighted by molar-refractivity contribution is 5.84. The molecule has 0 saturated heterocycles. The molecular weight excluding hydrogens is 435 g/mol. The first-order chi connectivity index (χ1) is 15.2. The third kappa shape index (κ3) is 5.33. The number of aryl methyl sites for hydroxylation is 1. The molecule has 0 amide bonds. The second kappa shape index (κ2) is 9.37. The highest BCUT2D eigenvalue weighted by Gasteiger charge is 2.35. The zero-order valence-corrected chi connectivity index (χ0v) is 17.0. The third-order valence-corrected chi connectivity index (χ3v) is 3.79. The molecule has 12 heteroatoms. The lowest BCUT2D eigenvalue weighted by Crippen LogP contribution is -2.09. The van der Waals surface area contributed by atoms with Crippen LogP contribution in [-0.2, 0) is 15.7 Å². The standard InChI is InChI=1S/C20H16F3N3O6/c1-11-24-18(29-3)17(31-16(27)7-8-28-2)19(25-11)30-13-6-4-5-12(9-13)14-10-15(26-32-14)20(21,22)23/h4-10H,1-3H3. The Morgan fingerprint density at radius 1 is 1.12 bits per heavy atom. The van der Waals surface area contributed by atoms with Gasteiger partial charge in [-0.3, -0.25) is 0 Å². The molecule has 2 heterocycles. The average molecular weight is 451 g/mol. The van der Waals surface area contributed by atoms with Gasteiger partial charge < -0.3 is 23.5 Å². The minimum atomic E-state index is -4.64. The first-order valence-corrected chi connectivity index (χ1v) is 8.87. The van der Waals surface area contributed by atoms with E-state index in [1.807, 2.05) is 0 Å². The van der Waals surface area contributed by atoms with Gasteiger partial charge in [0.15, 0.2) is 11.5 Å². The second-order valence-electron chi connectivity index (χ2n) is 6.08. The lowest BCUT2D eigenvalue weighted by atomic mass is 10.1. The van der Waals surface area contributed by atoms with Crippen molar-refractivity contribution in [3.8, 4) is 34.6 Å². The summed E-state index contributed by atoms with van der Waals surface area (Å²) in [6.07, 6.45) is -2.51. The normalized spacial score (nSPS) is 11.4. The predicted octanol–water partition coefficient (Wildman–Crippen LogP) is 4.33. The molecule has 1 aromatic carbocycles. The van der Waals surface area contributed by atoms with E-state index in [4.69, 9.17) is 18.7 Å². The Hall–Kier alpha value is -4.09. The maximum Gasteiger partial charge on any atom is 0.436 e. The maximum absolute atomic E-state index is 12.8. The minimum absolute atomic E-state index is 0.0622. The highest BCUT2D eigenvalue weighted by atomic mass is 19.4. The van der Waals surface area contributed by atoms with Crippen molar-refractivity contribution >= 4 is 5.97 Å². The summed E-state index contributed by atoms with van der Waals surface area (Å²) in [6, 6.07) is 6.73. The summed E-state index contributed by atoms with van der Waals surface area (Å²) >= 11 is 0. The first-order valence-electron chi connectivity index (χ1n) is 8.87. The number of esters is 1. The van der Waals surface area contributed by atoms with Crippen LogP contribution in [0, 0.1) is 6.92 Å². The molecule has 0 fully saturated rings. The largest absolute Gasteiger partial charge is 0.504 e. The Bertz CT molecular complexity index is 1140. The molecule has 0 bridgehead atoms. The quantitative estimate of drug-likeness (QED) is 0.295. The van der Waals surface area contributed by atoms with Crippen molar-refractivity contribution in [2.24, 2.45) is 0 Å². The zero-order valence-electron chi connectivity index (χ0n) is 17.0. The lowest BCUT2D eigenvalue weighted by molar-refractivity contribution is -0.142. The number of hydrogen-bond donors (Lipinski definition) is 0. The number of alkyl halides is 3. The smallest absolute Gasteiger partial charge is 0.436 e. The monoisotopic (exact) mass is 451 g/mol. The molecular formula is C20H16F3N3O6. The van der Waals surface area contributed by atoms with Crippen LogP contribution in [-0.4, -0.2) is 35.3 Å². The fraction of sp³-hybridized carbons (Fsp3) is 0.200. The van der Waals surface area contributed by atoms with Gasteiger partial charge in [0.05, 0.1) is 26.6 Å². The van der Waals surface area contributed by atoms with E-state index in [2.05, 4.69) is 19.9 Å². The number of nitrogens with zero attached hydrogens (tertiary/aromatic N) is 3. The van der Waals surface area contributed by atoms with Crippen molar-refractivity contribution in [2.45, 2.75) is 13.1 Å².